The topological polar surface area (TPSA) is 99.8 Å². The molecular weight excluding hydrogens is 357 g/mol. The van der Waals surface area contributed by atoms with E-state index in [1.165, 1.54) is 4.90 Å². The first-order valence-electron chi connectivity index (χ1n) is 7.02. The number of nitrogens with zero attached hydrogens (tertiary/aromatic N) is 7. The van der Waals surface area contributed by atoms with E-state index >= 15 is 0 Å². The molecule has 0 bridgehead atoms. The third kappa shape index (κ3) is 2.20. The Kier molecular flexibility index (Phi) is 3.36. The fourth-order valence-electron chi connectivity index (χ4n) is 2.66. The highest BCUT2D eigenvalue weighted by molar-refractivity contribution is 6.41. The Labute approximate surface area is 145 Å². The summed E-state index contributed by atoms with van der Waals surface area (Å²) >= 11 is 12.0. The molecule has 1 saturated heterocycles. The van der Waals surface area contributed by atoms with Gasteiger partial charge in [-0.05, 0) is 6.07 Å². The summed E-state index contributed by atoms with van der Waals surface area (Å²) in [6, 6.07) is 1.57. The number of carboxylic acid groups (broad SMARTS) is 1. The van der Waals surface area contributed by atoms with Gasteiger partial charge in [0.25, 0.3) is 0 Å². The maximum Gasteiger partial charge on any atom is 0.407 e. The maximum absolute atomic E-state index is 11.0. The van der Waals surface area contributed by atoms with E-state index in [1.807, 2.05) is 4.90 Å². The van der Waals surface area contributed by atoms with Crippen LogP contribution in [-0.4, -0.2) is 66.8 Å². The van der Waals surface area contributed by atoms with Gasteiger partial charge in [-0.3, -0.25) is 4.40 Å². The lowest BCUT2D eigenvalue weighted by atomic mass is 10.1. The van der Waals surface area contributed by atoms with E-state index in [1.54, 1.807) is 23.8 Å². The molecule has 0 radical (unpaired) electrons. The van der Waals surface area contributed by atoms with E-state index in [9.17, 15) is 4.79 Å². The first-order valence-corrected chi connectivity index (χ1v) is 7.77. The number of hydrogen-bond donors (Lipinski definition) is 1. The summed E-state index contributed by atoms with van der Waals surface area (Å²) in [6.45, 7) is 1.04. The van der Waals surface area contributed by atoms with Crippen LogP contribution in [0.2, 0.25) is 10.2 Å². The van der Waals surface area contributed by atoms with Crippen LogP contribution in [0.15, 0.2) is 12.4 Å². The van der Waals surface area contributed by atoms with Crippen LogP contribution >= 0.6 is 23.2 Å². The van der Waals surface area contributed by atoms with Crippen LogP contribution in [0.3, 0.4) is 0 Å². The van der Waals surface area contributed by atoms with Crippen molar-refractivity contribution in [2.75, 3.05) is 25.0 Å². The second-order valence-electron chi connectivity index (χ2n) is 5.52. The normalized spacial score (nSPS) is 15.0. The summed E-state index contributed by atoms with van der Waals surface area (Å²) < 4.78 is 1.74. The SMILES string of the molecule is CN(C(=O)O)C1CN(c2nc3nc(Cl)c(Cl)cc3n3cnnc23)C1. The highest BCUT2D eigenvalue weighted by Gasteiger charge is 2.35. The number of fused-ring (bicyclic) bond motifs is 3. The Hall–Kier alpha value is -2.39. The van der Waals surface area contributed by atoms with Crippen molar-refractivity contribution < 1.29 is 9.90 Å². The Morgan fingerprint density at radius 1 is 1.38 bits per heavy atom. The number of likely N-dealkylation sites (N-methyl/N-ethyl adjacent to an activating group) is 1. The second-order valence-corrected chi connectivity index (χ2v) is 6.28. The molecule has 11 heteroatoms. The lowest BCUT2D eigenvalue weighted by Crippen LogP contribution is -2.60. The van der Waals surface area contributed by atoms with Gasteiger partial charge in [0, 0.05) is 20.1 Å². The van der Waals surface area contributed by atoms with E-state index in [4.69, 9.17) is 28.3 Å². The lowest BCUT2D eigenvalue weighted by molar-refractivity contribution is 0.130. The first kappa shape index (κ1) is 15.2. The molecule has 4 rings (SSSR count). The Morgan fingerprint density at radius 2 is 2.12 bits per heavy atom. The molecule has 1 N–H and O–H groups in total. The summed E-state index contributed by atoms with van der Waals surface area (Å²) in [5.74, 6) is 0.584. The minimum absolute atomic E-state index is 0.0928. The van der Waals surface area contributed by atoms with Crippen molar-refractivity contribution in [2.24, 2.45) is 0 Å². The van der Waals surface area contributed by atoms with Crippen LogP contribution in [0.25, 0.3) is 16.8 Å². The molecule has 0 aromatic carbocycles. The zero-order chi connectivity index (χ0) is 17.0. The molecule has 1 fully saturated rings. The number of rotatable bonds is 2. The van der Waals surface area contributed by atoms with E-state index in [0.29, 0.717) is 40.7 Å². The highest BCUT2D eigenvalue weighted by atomic mass is 35.5. The van der Waals surface area contributed by atoms with E-state index < -0.39 is 6.09 Å². The van der Waals surface area contributed by atoms with E-state index in [2.05, 4.69) is 20.2 Å². The number of carbonyl (C=O) groups is 1. The number of halogens is 2. The third-order valence-electron chi connectivity index (χ3n) is 4.12. The van der Waals surface area contributed by atoms with Gasteiger partial charge in [0.2, 0.25) is 5.65 Å². The molecule has 124 valence electrons. The summed E-state index contributed by atoms with van der Waals surface area (Å²) in [5, 5.41) is 17.6. The number of anilines is 1. The Morgan fingerprint density at radius 3 is 2.83 bits per heavy atom. The average Bonchev–Trinajstić information content (AvgIpc) is 2.97. The van der Waals surface area contributed by atoms with Crippen molar-refractivity contribution in [3.05, 3.63) is 22.6 Å². The van der Waals surface area contributed by atoms with Gasteiger partial charge in [-0.25, -0.2) is 14.8 Å². The molecule has 0 aliphatic carbocycles. The van der Waals surface area contributed by atoms with Crippen molar-refractivity contribution in [2.45, 2.75) is 6.04 Å². The average molecular weight is 368 g/mol. The lowest BCUT2D eigenvalue weighted by Gasteiger charge is -2.43. The van der Waals surface area contributed by atoms with Crippen LogP contribution in [0.1, 0.15) is 0 Å². The number of aromatic nitrogens is 5. The van der Waals surface area contributed by atoms with Gasteiger partial charge in [0.1, 0.15) is 11.5 Å². The molecular formula is C13H11Cl2N7O2. The van der Waals surface area contributed by atoms with Gasteiger partial charge in [-0.2, -0.15) is 0 Å². The second kappa shape index (κ2) is 5.32. The van der Waals surface area contributed by atoms with Gasteiger partial charge in [-0.15, -0.1) is 10.2 Å². The van der Waals surface area contributed by atoms with E-state index in [-0.39, 0.29) is 11.2 Å². The van der Waals surface area contributed by atoms with Gasteiger partial charge in [0.05, 0.1) is 16.6 Å². The van der Waals surface area contributed by atoms with Crippen LogP contribution in [0.5, 0.6) is 0 Å². The molecule has 0 unspecified atom stereocenters. The largest absolute Gasteiger partial charge is 0.465 e. The van der Waals surface area contributed by atoms with Crippen LogP contribution in [0, 0.1) is 0 Å². The molecule has 9 nitrogen and oxygen atoms in total. The zero-order valence-electron chi connectivity index (χ0n) is 12.4. The molecule has 4 heterocycles. The fourth-order valence-corrected chi connectivity index (χ4v) is 2.94. The first-order chi connectivity index (χ1) is 11.5. The number of amides is 1. The quantitative estimate of drug-likeness (QED) is 0.688. The molecule has 1 aliphatic rings. The van der Waals surface area contributed by atoms with Crippen LogP contribution < -0.4 is 4.90 Å². The standard InChI is InChI=1S/C13H11Cl2N7O2/c1-20(13(23)24)6-3-21(4-6)11-12-19-16-5-22(12)8-2-7(14)9(15)17-10(8)18-11/h2,5-6H,3-4H2,1H3,(H,23,24). The third-order valence-corrected chi connectivity index (χ3v) is 4.80. The fraction of sp³-hybridized carbons (Fsp3) is 0.308. The monoisotopic (exact) mass is 367 g/mol. The summed E-state index contributed by atoms with van der Waals surface area (Å²) in [7, 11) is 1.55. The Balaban J connectivity index is 1.77. The zero-order valence-corrected chi connectivity index (χ0v) is 13.9. The van der Waals surface area contributed by atoms with Crippen molar-refractivity contribution >= 4 is 51.9 Å². The Bertz CT molecular complexity index is 970. The van der Waals surface area contributed by atoms with Crippen molar-refractivity contribution in [3.63, 3.8) is 0 Å². The molecule has 24 heavy (non-hydrogen) atoms. The van der Waals surface area contributed by atoms with Crippen LogP contribution in [0.4, 0.5) is 10.6 Å². The smallest absolute Gasteiger partial charge is 0.407 e. The minimum atomic E-state index is -0.957. The number of hydrogen-bond acceptors (Lipinski definition) is 6. The number of pyridine rings is 1. The predicted octanol–water partition coefficient (Wildman–Crippen LogP) is 1.78. The summed E-state index contributed by atoms with van der Waals surface area (Å²) in [4.78, 5) is 23.0. The molecule has 3 aromatic rings. The summed E-state index contributed by atoms with van der Waals surface area (Å²) in [6.07, 6.45) is 0.594. The molecule has 1 aliphatic heterocycles. The van der Waals surface area contributed by atoms with Crippen molar-refractivity contribution in [1.29, 1.82) is 0 Å². The van der Waals surface area contributed by atoms with Gasteiger partial charge < -0.3 is 14.9 Å². The minimum Gasteiger partial charge on any atom is -0.465 e. The molecule has 0 spiro atoms. The van der Waals surface area contributed by atoms with E-state index in [0.717, 1.165) is 0 Å². The molecule has 0 atom stereocenters. The van der Waals surface area contributed by atoms with Gasteiger partial charge in [0.15, 0.2) is 11.5 Å². The molecule has 0 saturated carbocycles. The van der Waals surface area contributed by atoms with Crippen molar-refractivity contribution in [1.82, 2.24) is 29.5 Å². The highest BCUT2D eigenvalue weighted by Crippen LogP contribution is 2.30. The van der Waals surface area contributed by atoms with Gasteiger partial charge >= 0.3 is 6.09 Å². The van der Waals surface area contributed by atoms with Gasteiger partial charge in [-0.1, -0.05) is 23.2 Å². The molecule has 1 amide bonds. The van der Waals surface area contributed by atoms with Crippen LogP contribution in [-0.2, 0) is 0 Å². The predicted molar refractivity (Wildman–Crippen MR) is 87.9 cm³/mol. The van der Waals surface area contributed by atoms with Crippen molar-refractivity contribution in [3.8, 4) is 0 Å². The summed E-state index contributed by atoms with van der Waals surface area (Å²) in [5.41, 5.74) is 1.62. The molecule has 3 aromatic heterocycles. The maximum atomic E-state index is 11.0.